The van der Waals surface area contributed by atoms with Crippen molar-refractivity contribution in [3.63, 3.8) is 0 Å². The third kappa shape index (κ3) is 1.99. The van der Waals surface area contributed by atoms with Crippen molar-refractivity contribution in [1.82, 2.24) is 4.57 Å². The van der Waals surface area contributed by atoms with Crippen LogP contribution in [0.4, 0.5) is 0 Å². The molecule has 1 heterocycles. The van der Waals surface area contributed by atoms with E-state index in [0.29, 0.717) is 12.2 Å². The van der Waals surface area contributed by atoms with Crippen LogP contribution in [-0.4, -0.2) is 10.9 Å². The lowest BCUT2D eigenvalue weighted by atomic mass is 10.4. The van der Waals surface area contributed by atoms with Gasteiger partial charge in [0, 0.05) is 18.3 Å². The second kappa shape index (κ2) is 4.83. The minimum Gasteiger partial charge on any atom is -0.335 e. The number of hydrogen-bond acceptors (Lipinski definition) is 2. The number of hydrogen-bond donors (Lipinski definition) is 0. The van der Waals surface area contributed by atoms with Gasteiger partial charge in [0.1, 0.15) is 0 Å². The number of rotatable bonds is 4. The Balaban J connectivity index is 3.10. The Bertz CT molecular complexity index is 407. The molecule has 0 atom stereocenters. The van der Waals surface area contributed by atoms with Crippen molar-refractivity contribution < 1.29 is 4.79 Å². The zero-order valence-corrected chi connectivity index (χ0v) is 7.68. The normalized spacial score (nSPS) is 9.93. The quantitative estimate of drug-likeness (QED) is 0.410. The number of nitriles is 1. The summed E-state index contributed by atoms with van der Waals surface area (Å²) in [6, 6.07) is 5.41. The van der Waals surface area contributed by atoms with Gasteiger partial charge in [0.15, 0.2) is 6.29 Å². The maximum atomic E-state index is 10.6. The number of nitrogens with zero attached hydrogens (tertiary/aromatic N) is 2. The van der Waals surface area contributed by atoms with Crippen molar-refractivity contribution >= 4 is 12.4 Å². The fraction of sp³-hybridized carbons (Fsp3) is 0.0909. The fourth-order valence-electron chi connectivity index (χ4n) is 1.21. The molecule has 0 aliphatic rings. The summed E-state index contributed by atoms with van der Waals surface area (Å²) in [7, 11) is 0. The molecule has 1 aromatic heterocycles. The van der Waals surface area contributed by atoms with Gasteiger partial charge in [0.2, 0.25) is 0 Å². The van der Waals surface area contributed by atoms with Gasteiger partial charge in [-0.15, -0.1) is 6.58 Å². The van der Waals surface area contributed by atoms with E-state index in [1.54, 1.807) is 28.9 Å². The van der Waals surface area contributed by atoms with E-state index in [-0.39, 0.29) is 0 Å². The maximum Gasteiger partial charge on any atom is 0.166 e. The first-order valence-corrected chi connectivity index (χ1v) is 4.15. The molecule has 14 heavy (non-hydrogen) atoms. The molecule has 0 radical (unpaired) electrons. The molecule has 0 saturated carbocycles. The van der Waals surface area contributed by atoms with E-state index in [1.807, 2.05) is 6.07 Å². The van der Waals surface area contributed by atoms with Gasteiger partial charge in [-0.2, -0.15) is 5.26 Å². The summed E-state index contributed by atoms with van der Waals surface area (Å²) in [6.45, 7) is 4.17. The zero-order chi connectivity index (χ0) is 10.4. The molecule has 70 valence electrons. The van der Waals surface area contributed by atoms with E-state index < -0.39 is 0 Å². The Hall–Kier alpha value is -2.08. The molecule has 0 aromatic carbocycles. The minimum absolute atomic E-state index is 0.562. The molecule has 0 bridgehead atoms. The third-order valence-electron chi connectivity index (χ3n) is 1.81. The van der Waals surface area contributed by atoms with E-state index in [2.05, 4.69) is 6.58 Å². The highest BCUT2D eigenvalue weighted by molar-refractivity contribution is 5.74. The van der Waals surface area contributed by atoms with Gasteiger partial charge in [-0.25, -0.2) is 0 Å². The summed E-state index contributed by atoms with van der Waals surface area (Å²) in [5.41, 5.74) is 1.41. The average Bonchev–Trinajstić information content (AvgIpc) is 2.58. The van der Waals surface area contributed by atoms with Crippen molar-refractivity contribution in [2.75, 3.05) is 0 Å². The number of allylic oxidation sites excluding steroid dienone is 2. The predicted octanol–water partition coefficient (Wildman–Crippen LogP) is 2.02. The largest absolute Gasteiger partial charge is 0.335 e. The first-order valence-electron chi connectivity index (χ1n) is 4.15. The summed E-state index contributed by atoms with van der Waals surface area (Å²) < 4.78 is 1.79. The Kier molecular flexibility index (Phi) is 3.45. The van der Waals surface area contributed by atoms with E-state index in [4.69, 9.17) is 5.26 Å². The fourth-order valence-corrected chi connectivity index (χ4v) is 1.21. The number of aldehydes is 1. The second-order valence-corrected chi connectivity index (χ2v) is 2.66. The predicted molar refractivity (Wildman–Crippen MR) is 54.7 cm³/mol. The van der Waals surface area contributed by atoms with Gasteiger partial charge in [0.05, 0.1) is 11.8 Å². The Morgan fingerprint density at radius 3 is 2.79 bits per heavy atom. The molecule has 1 aromatic rings. The highest BCUT2D eigenvalue weighted by Crippen LogP contribution is 2.09. The smallest absolute Gasteiger partial charge is 0.166 e. The summed E-state index contributed by atoms with van der Waals surface area (Å²) in [6.07, 6.45) is 5.53. The van der Waals surface area contributed by atoms with Crippen LogP contribution in [0, 0.1) is 11.3 Å². The molecule has 3 heteroatoms. The van der Waals surface area contributed by atoms with Crippen LogP contribution in [0.1, 0.15) is 16.2 Å². The van der Waals surface area contributed by atoms with Gasteiger partial charge in [-0.05, 0) is 18.2 Å². The maximum absolute atomic E-state index is 10.6. The van der Waals surface area contributed by atoms with Crippen LogP contribution < -0.4 is 0 Å². The highest BCUT2D eigenvalue weighted by atomic mass is 16.1. The average molecular weight is 186 g/mol. The van der Waals surface area contributed by atoms with Crippen molar-refractivity contribution in [1.29, 1.82) is 5.26 Å². The zero-order valence-electron chi connectivity index (χ0n) is 7.68. The molecule has 0 aliphatic heterocycles. The summed E-state index contributed by atoms with van der Waals surface area (Å²) in [5, 5.41) is 8.38. The summed E-state index contributed by atoms with van der Waals surface area (Å²) in [5.74, 6) is 0. The lowest BCUT2D eigenvalue weighted by molar-refractivity contribution is 0.111. The van der Waals surface area contributed by atoms with Crippen LogP contribution in [0.2, 0.25) is 0 Å². The minimum atomic E-state index is 0.562. The molecular weight excluding hydrogens is 176 g/mol. The van der Waals surface area contributed by atoms with Crippen molar-refractivity contribution in [3.8, 4) is 6.07 Å². The SMILES string of the molecule is C=CCn1c(C=O)ccc1/C=C/C#N. The third-order valence-corrected chi connectivity index (χ3v) is 1.81. The van der Waals surface area contributed by atoms with E-state index in [9.17, 15) is 4.79 Å². The van der Waals surface area contributed by atoms with Gasteiger partial charge in [-0.3, -0.25) is 4.79 Å². The first kappa shape index (κ1) is 10.0. The molecule has 0 aliphatic carbocycles. The topological polar surface area (TPSA) is 45.8 Å². The van der Waals surface area contributed by atoms with E-state index in [1.165, 1.54) is 6.08 Å². The van der Waals surface area contributed by atoms with Crippen molar-refractivity contribution in [2.24, 2.45) is 0 Å². The monoisotopic (exact) mass is 186 g/mol. The highest BCUT2D eigenvalue weighted by Gasteiger charge is 2.02. The second-order valence-electron chi connectivity index (χ2n) is 2.66. The number of carbonyl (C=O) groups is 1. The van der Waals surface area contributed by atoms with Crippen molar-refractivity contribution in [2.45, 2.75) is 6.54 Å². The standard InChI is InChI=1S/C11H10N2O/c1-2-8-13-10(4-3-7-12)5-6-11(13)9-14/h2-6,9H,1,8H2/b4-3+. The van der Waals surface area contributed by atoms with E-state index in [0.717, 1.165) is 12.0 Å². The Morgan fingerprint density at radius 2 is 2.21 bits per heavy atom. The summed E-state index contributed by atoms with van der Waals surface area (Å²) in [4.78, 5) is 10.6. The first-order chi connectivity index (χ1) is 6.83. The number of carbonyl (C=O) groups excluding carboxylic acids is 1. The molecule has 3 nitrogen and oxygen atoms in total. The molecule has 0 amide bonds. The van der Waals surface area contributed by atoms with Crippen LogP contribution in [0.15, 0.2) is 30.9 Å². The molecule has 0 N–H and O–H groups in total. The van der Waals surface area contributed by atoms with Crippen LogP contribution in [-0.2, 0) is 6.54 Å². The molecule has 1 rings (SSSR count). The summed E-state index contributed by atoms with van der Waals surface area (Å²) >= 11 is 0. The van der Waals surface area contributed by atoms with Gasteiger partial charge >= 0.3 is 0 Å². The molecule has 0 unspecified atom stereocenters. The van der Waals surface area contributed by atoms with Gasteiger partial charge in [-0.1, -0.05) is 6.08 Å². The Morgan fingerprint density at radius 1 is 1.50 bits per heavy atom. The van der Waals surface area contributed by atoms with Crippen LogP contribution in [0.25, 0.3) is 6.08 Å². The molecular formula is C11H10N2O. The lowest BCUT2D eigenvalue weighted by Gasteiger charge is -2.03. The van der Waals surface area contributed by atoms with Crippen LogP contribution in [0.3, 0.4) is 0 Å². The molecule has 0 spiro atoms. The van der Waals surface area contributed by atoms with Crippen LogP contribution >= 0.6 is 0 Å². The van der Waals surface area contributed by atoms with Gasteiger partial charge in [0.25, 0.3) is 0 Å². The molecule has 0 saturated heterocycles. The van der Waals surface area contributed by atoms with E-state index >= 15 is 0 Å². The Labute approximate surface area is 82.6 Å². The molecule has 0 fully saturated rings. The van der Waals surface area contributed by atoms with Crippen LogP contribution in [0.5, 0.6) is 0 Å². The lowest BCUT2D eigenvalue weighted by Crippen LogP contribution is -2.01. The number of aromatic nitrogens is 1. The van der Waals surface area contributed by atoms with Gasteiger partial charge < -0.3 is 4.57 Å². The van der Waals surface area contributed by atoms with Crippen molar-refractivity contribution in [3.05, 3.63) is 42.3 Å².